The van der Waals surface area contributed by atoms with E-state index in [9.17, 15) is 23.2 Å². The van der Waals surface area contributed by atoms with Crippen molar-refractivity contribution in [2.24, 2.45) is 10.3 Å². The number of rotatable bonds is 4. The Morgan fingerprint density at radius 1 is 1.10 bits per heavy atom. The van der Waals surface area contributed by atoms with Gasteiger partial charge in [-0.2, -0.15) is 5.11 Å². The maximum absolute atomic E-state index is 13.5. The van der Waals surface area contributed by atoms with Crippen LogP contribution in [0.15, 0.2) is 52.8 Å². The molecule has 2 atom stereocenters. The number of carbonyl (C=O) groups is 3. The van der Waals surface area contributed by atoms with Gasteiger partial charge in [0.05, 0.1) is 16.4 Å². The molecule has 2 aliphatic heterocycles. The van der Waals surface area contributed by atoms with Gasteiger partial charge >= 0.3 is 0 Å². The molecule has 0 saturated carbocycles. The molecule has 1 fully saturated rings. The molecular weight excluding hydrogens is 408 g/mol. The molecule has 2 aromatic rings. The molecule has 0 bridgehead atoms. The topological polar surface area (TPSA) is 94.4 Å². The highest BCUT2D eigenvalue weighted by Gasteiger charge is 2.55. The van der Waals surface area contributed by atoms with E-state index in [4.69, 9.17) is 11.6 Å². The Labute approximate surface area is 167 Å². The molecule has 0 aromatic heterocycles. The van der Waals surface area contributed by atoms with Crippen molar-refractivity contribution in [3.8, 4) is 0 Å². The summed E-state index contributed by atoms with van der Waals surface area (Å²) >= 11 is 5.99. The fourth-order valence-electron chi connectivity index (χ4n) is 3.13. The minimum absolute atomic E-state index is 0.121. The van der Waals surface area contributed by atoms with Crippen LogP contribution in [0.2, 0.25) is 5.02 Å². The van der Waals surface area contributed by atoms with E-state index in [0.717, 1.165) is 28.1 Å². The van der Waals surface area contributed by atoms with Crippen LogP contribution >= 0.6 is 11.6 Å². The summed E-state index contributed by atoms with van der Waals surface area (Å²) in [4.78, 5) is 38.4. The minimum Gasteiger partial charge on any atom is -0.323 e. The van der Waals surface area contributed by atoms with Gasteiger partial charge in [0.2, 0.25) is 5.91 Å². The number of nitrogens with one attached hydrogen (secondary N) is 1. The highest BCUT2D eigenvalue weighted by molar-refractivity contribution is 6.33. The molecule has 2 heterocycles. The van der Waals surface area contributed by atoms with E-state index in [1.807, 2.05) is 0 Å². The second-order valence-electron chi connectivity index (χ2n) is 6.33. The zero-order valence-corrected chi connectivity index (χ0v) is 15.3. The summed E-state index contributed by atoms with van der Waals surface area (Å²) in [6.45, 7) is -0.361. The summed E-state index contributed by atoms with van der Waals surface area (Å²) in [6.07, 6.45) is 0. The SMILES string of the molecule is O=C(CN1N=N[C@@H]2C(=O)N(c3ccc(F)c(F)c3)C(=O)[C@H]21)Nc1ccccc1Cl. The fraction of sp³-hybridized carbons (Fsp3) is 0.167. The molecule has 4 rings (SSSR count). The first-order chi connectivity index (χ1) is 13.9. The van der Waals surface area contributed by atoms with Gasteiger partial charge in [-0.25, -0.2) is 13.7 Å². The number of para-hydroxylation sites is 1. The third kappa shape index (κ3) is 3.31. The number of anilines is 2. The minimum atomic E-state index is -1.20. The van der Waals surface area contributed by atoms with E-state index in [-0.39, 0.29) is 12.2 Å². The number of amides is 3. The molecule has 148 valence electrons. The van der Waals surface area contributed by atoms with E-state index < -0.39 is 41.4 Å². The van der Waals surface area contributed by atoms with Gasteiger partial charge in [0.25, 0.3) is 11.8 Å². The van der Waals surface area contributed by atoms with Crippen LogP contribution in [0.1, 0.15) is 0 Å². The Morgan fingerprint density at radius 2 is 1.86 bits per heavy atom. The monoisotopic (exact) mass is 419 g/mol. The number of halogens is 3. The van der Waals surface area contributed by atoms with Crippen LogP contribution < -0.4 is 10.2 Å². The van der Waals surface area contributed by atoms with Gasteiger partial charge in [-0.3, -0.25) is 19.4 Å². The Kier molecular flexibility index (Phi) is 4.71. The number of nitrogens with zero attached hydrogens (tertiary/aromatic N) is 4. The third-order valence-electron chi connectivity index (χ3n) is 4.47. The van der Waals surface area contributed by atoms with E-state index in [1.165, 1.54) is 0 Å². The summed E-state index contributed by atoms with van der Waals surface area (Å²) in [6, 6.07) is 6.95. The fourth-order valence-corrected chi connectivity index (χ4v) is 3.31. The normalized spacial score (nSPS) is 20.4. The van der Waals surface area contributed by atoms with Crippen LogP contribution in [0.3, 0.4) is 0 Å². The second-order valence-corrected chi connectivity index (χ2v) is 6.74. The molecular formula is C18H12ClF2N5O3. The first-order valence-electron chi connectivity index (χ1n) is 8.41. The van der Waals surface area contributed by atoms with Gasteiger partial charge < -0.3 is 5.32 Å². The van der Waals surface area contributed by atoms with Gasteiger partial charge in [-0.05, 0) is 24.3 Å². The average molecular weight is 420 g/mol. The maximum Gasteiger partial charge on any atom is 0.263 e. The smallest absolute Gasteiger partial charge is 0.263 e. The van der Waals surface area contributed by atoms with Crippen molar-refractivity contribution in [1.82, 2.24) is 5.01 Å². The van der Waals surface area contributed by atoms with Crippen LogP contribution in [0.4, 0.5) is 20.2 Å². The molecule has 8 nitrogen and oxygen atoms in total. The maximum atomic E-state index is 13.5. The summed E-state index contributed by atoms with van der Waals surface area (Å²) < 4.78 is 26.7. The molecule has 3 amide bonds. The number of hydrogen-bond donors (Lipinski definition) is 1. The van der Waals surface area contributed by atoms with Crippen LogP contribution in [0, 0.1) is 11.6 Å². The molecule has 11 heteroatoms. The number of carbonyl (C=O) groups excluding carboxylic acids is 3. The lowest BCUT2D eigenvalue weighted by Gasteiger charge is -2.20. The molecule has 0 unspecified atom stereocenters. The third-order valence-corrected chi connectivity index (χ3v) is 4.80. The van der Waals surface area contributed by atoms with E-state index in [1.54, 1.807) is 24.3 Å². The lowest BCUT2D eigenvalue weighted by Crippen LogP contribution is -2.43. The van der Waals surface area contributed by atoms with Crippen molar-refractivity contribution in [2.75, 3.05) is 16.8 Å². The first-order valence-corrected chi connectivity index (χ1v) is 8.79. The van der Waals surface area contributed by atoms with Crippen molar-refractivity contribution in [3.05, 3.63) is 59.1 Å². The highest BCUT2D eigenvalue weighted by Crippen LogP contribution is 2.32. The lowest BCUT2D eigenvalue weighted by atomic mass is 10.1. The predicted molar refractivity (Wildman–Crippen MR) is 98.1 cm³/mol. The predicted octanol–water partition coefficient (Wildman–Crippen LogP) is 2.55. The second kappa shape index (κ2) is 7.21. The summed E-state index contributed by atoms with van der Waals surface area (Å²) in [5.74, 6) is -4.29. The van der Waals surface area contributed by atoms with Crippen molar-refractivity contribution < 1.29 is 23.2 Å². The quantitative estimate of drug-likeness (QED) is 0.770. The molecule has 1 N–H and O–H groups in total. The molecule has 29 heavy (non-hydrogen) atoms. The van der Waals surface area contributed by atoms with E-state index in [0.29, 0.717) is 10.7 Å². The van der Waals surface area contributed by atoms with Crippen LogP contribution in [0.25, 0.3) is 0 Å². The Morgan fingerprint density at radius 3 is 2.59 bits per heavy atom. The molecule has 0 radical (unpaired) electrons. The number of benzene rings is 2. The molecule has 2 aliphatic rings. The van der Waals surface area contributed by atoms with Gasteiger partial charge in [0.1, 0.15) is 6.54 Å². The Balaban J connectivity index is 1.51. The largest absolute Gasteiger partial charge is 0.323 e. The van der Waals surface area contributed by atoms with Gasteiger partial charge in [-0.15, -0.1) is 0 Å². The average Bonchev–Trinajstić information content (AvgIpc) is 3.20. The van der Waals surface area contributed by atoms with Gasteiger partial charge in [0.15, 0.2) is 23.7 Å². The highest BCUT2D eigenvalue weighted by atomic mass is 35.5. The molecule has 2 aromatic carbocycles. The molecule has 0 spiro atoms. The van der Waals surface area contributed by atoms with Crippen LogP contribution in [-0.4, -0.2) is 41.4 Å². The zero-order chi connectivity index (χ0) is 20.7. The van der Waals surface area contributed by atoms with Crippen LogP contribution in [-0.2, 0) is 14.4 Å². The number of imide groups is 1. The Bertz CT molecular complexity index is 1060. The first kappa shape index (κ1) is 18.9. The Hall–Kier alpha value is -3.40. The summed E-state index contributed by atoms with van der Waals surface area (Å²) in [7, 11) is 0. The van der Waals surface area contributed by atoms with Gasteiger partial charge in [0, 0.05) is 6.07 Å². The molecule has 0 aliphatic carbocycles. The summed E-state index contributed by atoms with van der Waals surface area (Å²) in [5.41, 5.74) is 0.257. The number of hydrogen-bond acceptors (Lipinski definition) is 6. The number of fused-ring (bicyclic) bond motifs is 1. The van der Waals surface area contributed by atoms with Crippen molar-refractivity contribution in [1.29, 1.82) is 0 Å². The van der Waals surface area contributed by atoms with E-state index in [2.05, 4.69) is 15.7 Å². The van der Waals surface area contributed by atoms with E-state index >= 15 is 0 Å². The summed E-state index contributed by atoms with van der Waals surface area (Å²) in [5, 5.41) is 11.5. The standard InChI is InChI=1S/C18H12ClF2N5O3/c19-10-3-1-2-4-13(10)22-14(27)8-25-16-15(23-24-25)17(28)26(18(16)29)9-5-6-11(20)12(21)7-9/h1-7,15-16H,8H2,(H,22,27)/t15-,16-/m0/s1. The van der Waals surface area contributed by atoms with Crippen molar-refractivity contribution in [2.45, 2.75) is 12.1 Å². The van der Waals surface area contributed by atoms with Crippen LogP contribution in [0.5, 0.6) is 0 Å². The molecule has 1 saturated heterocycles. The van der Waals surface area contributed by atoms with Gasteiger partial charge in [-0.1, -0.05) is 29.0 Å². The van der Waals surface area contributed by atoms with Crippen molar-refractivity contribution >= 4 is 40.7 Å². The lowest BCUT2D eigenvalue weighted by molar-refractivity contribution is -0.123. The zero-order valence-electron chi connectivity index (χ0n) is 14.6. The van der Waals surface area contributed by atoms with Crippen molar-refractivity contribution in [3.63, 3.8) is 0 Å².